The summed E-state index contributed by atoms with van der Waals surface area (Å²) in [7, 11) is 0. The Kier molecular flexibility index (Phi) is 7.33. The van der Waals surface area contributed by atoms with E-state index in [1.807, 2.05) is 6.92 Å². The lowest BCUT2D eigenvalue weighted by Crippen LogP contribution is -2.41. The minimum Gasteiger partial charge on any atom is -0.465 e. The number of carbonyl (C=O) groups is 1. The van der Waals surface area contributed by atoms with E-state index in [0.29, 0.717) is 6.61 Å². The molecule has 0 bridgehead atoms. The van der Waals surface area contributed by atoms with Gasteiger partial charge in [-0.1, -0.05) is 33.1 Å². The average Bonchev–Trinajstić information content (AvgIpc) is 2.36. The summed E-state index contributed by atoms with van der Waals surface area (Å²) in [6.07, 6.45) is 7.17. The Morgan fingerprint density at radius 1 is 1.28 bits per heavy atom. The SMILES string of the molecule is CCCC(NCC1CCC(C)CC1)C(=O)OCC. The van der Waals surface area contributed by atoms with Gasteiger partial charge in [-0.3, -0.25) is 4.79 Å². The molecular formula is C15H29NO2. The normalized spacial score (nSPS) is 25.7. The number of rotatable bonds is 7. The predicted molar refractivity (Wildman–Crippen MR) is 74.5 cm³/mol. The first-order valence-electron chi connectivity index (χ1n) is 7.57. The molecule has 106 valence electrons. The molecule has 0 spiro atoms. The Morgan fingerprint density at radius 3 is 2.50 bits per heavy atom. The van der Waals surface area contributed by atoms with Crippen LogP contribution in [0.25, 0.3) is 0 Å². The zero-order valence-electron chi connectivity index (χ0n) is 12.2. The lowest BCUT2D eigenvalue weighted by Gasteiger charge is -2.27. The van der Waals surface area contributed by atoms with Gasteiger partial charge in [0.05, 0.1) is 6.61 Å². The first-order valence-corrected chi connectivity index (χ1v) is 7.57. The quantitative estimate of drug-likeness (QED) is 0.710. The fourth-order valence-corrected chi connectivity index (χ4v) is 2.68. The van der Waals surface area contributed by atoms with Gasteiger partial charge in [0, 0.05) is 0 Å². The summed E-state index contributed by atoms with van der Waals surface area (Å²) in [5, 5.41) is 3.42. The summed E-state index contributed by atoms with van der Waals surface area (Å²) in [6, 6.07) is -0.103. The van der Waals surface area contributed by atoms with Crippen LogP contribution in [0.5, 0.6) is 0 Å². The molecular weight excluding hydrogens is 226 g/mol. The summed E-state index contributed by atoms with van der Waals surface area (Å²) in [5.41, 5.74) is 0. The van der Waals surface area contributed by atoms with Crippen LogP contribution in [0.1, 0.15) is 59.3 Å². The van der Waals surface area contributed by atoms with E-state index in [-0.39, 0.29) is 12.0 Å². The maximum absolute atomic E-state index is 11.8. The molecule has 1 atom stereocenters. The Balaban J connectivity index is 2.30. The van der Waals surface area contributed by atoms with Crippen LogP contribution in [-0.4, -0.2) is 25.2 Å². The van der Waals surface area contributed by atoms with Crippen molar-refractivity contribution in [2.75, 3.05) is 13.2 Å². The van der Waals surface area contributed by atoms with Gasteiger partial charge in [0.1, 0.15) is 6.04 Å². The Labute approximate surface area is 112 Å². The number of hydrogen-bond donors (Lipinski definition) is 1. The average molecular weight is 255 g/mol. The smallest absolute Gasteiger partial charge is 0.323 e. The molecule has 3 heteroatoms. The third-order valence-corrected chi connectivity index (χ3v) is 3.94. The standard InChI is InChI=1S/C15H29NO2/c1-4-6-14(15(17)18-5-2)16-11-13-9-7-12(3)8-10-13/h12-14,16H,4-11H2,1-3H3. The van der Waals surface area contributed by atoms with Crippen molar-refractivity contribution in [2.45, 2.75) is 65.3 Å². The van der Waals surface area contributed by atoms with Crippen molar-refractivity contribution >= 4 is 5.97 Å². The summed E-state index contributed by atoms with van der Waals surface area (Å²) < 4.78 is 5.11. The molecule has 1 unspecified atom stereocenters. The van der Waals surface area contributed by atoms with Crippen molar-refractivity contribution in [2.24, 2.45) is 11.8 Å². The van der Waals surface area contributed by atoms with Gasteiger partial charge in [0.15, 0.2) is 0 Å². The van der Waals surface area contributed by atoms with Gasteiger partial charge >= 0.3 is 5.97 Å². The topological polar surface area (TPSA) is 38.3 Å². The van der Waals surface area contributed by atoms with Crippen molar-refractivity contribution in [1.29, 1.82) is 0 Å². The molecule has 0 heterocycles. The lowest BCUT2D eigenvalue weighted by atomic mass is 9.83. The molecule has 1 aliphatic carbocycles. The largest absolute Gasteiger partial charge is 0.465 e. The highest BCUT2D eigenvalue weighted by molar-refractivity contribution is 5.75. The third kappa shape index (κ3) is 5.38. The van der Waals surface area contributed by atoms with Crippen molar-refractivity contribution in [3.05, 3.63) is 0 Å². The van der Waals surface area contributed by atoms with Crippen LogP contribution in [0.4, 0.5) is 0 Å². The van der Waals surface area contributed by atoms with E-state index >= 15 is 0 Å². The Morgan fingerprint density at radius 2 is 1.94 bits per heavy atom. The number of esters is 1. The summed E-state index contributed by atoms with van der Waals surface area (Å²) >= 11 is 0. The van der Waals surface area contributed by atoms with Gasteiger partial charge in [-0.15, -0.1) is 0 Å². The lowest BCUT2D eigenvalue weighted by molar-refractivity contribution is -0.145. The fourth-order valence-electron chi connectivity index (χ4n) is 2.68. The molecule has 0 aliphatic heterocycles. The summed E-state index contributed by atoms with van der Waals surface area (Å²) in [4.78, 5) is 11.8. The fraction of sp³-hybridized carbons (Fsp3) is 0.933. The van der Waals surface area contributed by atoms with Gasteiger partial charge < -0.3 is 10.1 Å². The Bertz CT molecular complexity index is 235. The summed E-state index contributed by atoms with van der Waals surface area (Å²) in [5.74, 6) is 1.55. The van der Waals surface area contributed by atoms with Crippen molar-refractivity contribution in [3.63, 3.8) is 0 Å². The molecule has 0 aromatic carbocycles. The molecule has 1 saturated carbocycles. The van der Waals surface area contributed by atoms with Crippen LogP contribution in [-0.2, 0) is 9.53 Å². The van der Waals surface area contributed by atoms with Crippen molar-refractivity contribution < 1.29 is 9.53 Å². The Hall–Kier alpha value is -0.570. The maximum atomic E-state index is 11.8. The van der Waals surface area contributed by atoms with Gasteiger partial charge in [-0.2, -0.15) is 0 Å². The van der Waals surface area contributed by atoms with Crippen LogP contribution in [0.15, 0.2) is 0 Å². The van der Waals surface area contributed by atoms with E-state index in [9.17, 15) is 4.79 Å². The highest BCUT2D eigenvalue weighted by atomic mass is 16.5. The molecule has 0 radical (unpaired) electrons. The zero-order chi connectivity index (χ0) is 13.4. The van der Waals surface area contributed by atoms with Gasteiger partial charge in [0.25, 0.3) is 0 Å². The van der Waals surface area contributed by atoms with E-state index in [0.717, 1.165) is 31.2 Å². The molecule has 0 aromatic heterocycles. The van der Waals surface area contributed by atoms with E-state index in [4.69, 9.17) is 4.74 Å². The molecule has 0 amide bonds. The maximum Gasteiger partial charge on any atom is 0.323 e. The zero-order valence-corrected chi connectivity index (χ0v) is 12.2. The highest BCUT2D eigenvalue weighted by Crippen LogP contribution is 2.27. The van der Waals surface area contributed by atoms with Crippen LogP contribution in [0.3, 0.4) is 0 Å². The molecule has 3 nitrogen and oxygen atoms in total. The van der Waals surface area contributed by atoms with Gasteiger partial charge in [0.2, 0.25) is 0 Å². The molecule has 0 aromatic rings. The first-order chi connectivity index (χ1) is 8.67. The van der Waals surface area contributed by atoms with E-state index < -0.39 is 0 Å². The molecule has 1 fully saturated rings. The second kappa shape index (κ2) is 8.52. The molecule has 0 saturated heterocycles. The minimum absolute atomic E-state index is 0.0801. The molecule has 1 N–H and O–H groups in total. The van der Waals surface area contributed by atoms with E-state index in [1.54, 1.807) is 0 Å². The van der Waals surface area contributed by atoms with Crippen molar-refractivity contribution in [1.82, 2.24) is 5.32 Å². The number of nitrogens with one attached hydrogen (secondary N) is 1. The molecule has 18 heavy (non-hydrogen) atoms. The number of carbonyl (C=O) groups excluding carboxylic acids is 1. The highest BCUT2D eigenvalue weighted by Gasteiger charge is 2.22. The summed E-state index contributed by atoms with van der Waals surface area (Å²) in [6.45, 7) is 7.75. The molecule has 1 rings (SSSR count). The second-order valence-corrected chi connectivity index (χ2v) is 5.63. The minimum atomic E-state index is -0.103. The molecule has 1 aliphatic rings. The number of ether oxygens (including phenoxy) is 1. The first kappa shape index (κ1) is 15.5. The van der Waals surface area contributed by atoms with E-state index in [2.05, 4.69) is 19.2 Å². The predicted octanol–water partition coefficient (Wildman–Crippen LogP) is 3.13. The third-order valence-electron chi connectivity index (χ3n) is 3.94. The van der Waals surface area contributed by atoms with E-state index in [1.165, 1.54) is 25.7 Å². The van der Waals surface area contributed by atoms with Gasteiger partial charge in [-0.25, -0.2) is 0 Å². The monoisotopic (exact) mass is 255 g/mol. The van der Waals surface area contributed by atoms with Crippen LogP contribution >= 0.6 is 0 Å². The van der Waals surface area contributed by atoms with Crippen molar-refractivity contribution in [3.8, 4) is 0 Å². The van der Waals surface area contributed by atoms with Crippen LogP contribution in [0.2, 0.25) is 0 Å². The van der Waals surface area contributed by atoms with Crippen LogP contribution in [0, 0.1) is 11.8 Å². The van der Waals surface area contributed by atoms with Gasteiger partial charge in [-0.05, 0) is 44.6 Å². The van der Waals surface area contributed by atoms with Crippen LogP contribution < -0.4 is 5.32 Å². The number of hydrogen-bond acceptors (Lipinski definition) is 3. The second-order valence-electron chi connectivity index (χ2n) is 5.63.